The Labute approximate surface area is 113 Å². The van der Waals surface area contributed by atoms with E-state index in [1.807, 2.05) is 0 Å². The number of likely N-dealkylation sites (N-methyl/N-ethyl adjacent to an activating group) is 1. The van der Waals surface area contributed by atoms with Gasteiger partial charge in [0.2, 0.25) is 0 Å². The maximum atomic E-state index is 3.66. The van der Waals surface area contributed by atoms with E-state index in [2.05, 4.69) is 64.9 Å². The molecule has 0 radical (unpaired) electrons. The van der Waals surface area contributed by atoms with Crippen molar-refractivity contribution in [1.82, 2.24) is 9.80 Å². The minimum Gasteiger partial charge on any atom is -0.308 e. The molecule has 0 spiro atoms. The second-order valence-corrected chi connectivity index (χ2v) is 6.06. The first-order valence-electron chi connectivity index (χ1n) is 6.23. The molecule has 1 aliphatic heterocycles. The SMILES string of the molecule is CC1Cc2c(Br)cccc2CN1CCN(C)C. The van der Waals surface area contributed by atoms with Crippen LogP contribution in [0.1, 0.15) is 18.1 Å². The lowest BCUT2D eigenvalue weighted by Crippen LogP contribution is -2.41. The number of fused-ring (bicyclic) bond motifs is 1. The summed E-state index contributed by atoms with van der Waals surface area (Å²) in [6.45, 7) is 5.70. The van der Waals surface area contributed by atoms with Crippen LogP contribution in [-0.2, 0) is 13.0 Å². The van der Waals surface area contributed by atoms with Crippen molar-refractivity contribution < 1.29 is 0 Å². The Hall–Kier alpha value is -0.380. The molecule has 1 heterocycles. The van der Waals surface area contributed by atoms with Crippen LogP contribution in [0.3, 0.4) is 0 Å². The molecular weight excluding hydrogens is 276 g/mol. The molecule has 1 unspecified atom stereocenters. The molecule has 0 fully saturated rings. The molecule has 0 saturated heterocycles. The summed E-state index contributed by atoms with van der Waals surface area (Å²) in [5.41, 5.74) is 2.98. The highest BCUT2D eigenvalue weighted by atomic mass is 79.9. The fraction of sp³-hybridized carbons (Fsp3) is 0.571. The Morgan fingerprint density at radius 1 is 1.41 bits per heavy atom. The van der Waals surface area contributed by atoms with Gasteiger partial charge in [-0.25, -0.2) is 0 Å². The molecule has 1 aromatic carbocycles. The van der Waals surface area contributed by atoms with Gasteiger partial charge in [-0.3, -0.25) is 4.90 Å². The number of nitrogens with zero attached hydrogens (tertiary/aromatic N) is 2. The van der Waals surface area contributed by atoms with E-state index in [-0.39, 0.29) is 0 Å². The highest BCUT2D eigenvalue weighted by Crippen LogP contribution is 2.28. The standard InChI is InChI=1S/C14H21BrN2/c1-11-9-13-12(5-4-6-14(13)15)10-17(11)8-7-16(2)3/h4-6,11H,7-10H2,1-3H3. The zero-order chi connectivity index (χ0) is 12.4. The Kier molecular flexibility index (Phi) is 4.23. The molecule has 1 aliphatic rings. The summed E-state index contributed by atoms with van der Waals surface area (Å²) >= 11 is 3.66. The minimum atomic E-state index is 0.640. The van der Waals surface area contributed by atoms with Crippen LogP contribution in [0, 0.1) is 0 Å². The first-order valence-corrected chi connectivity index (χ1v) is 7.02. The Balaban J connectivity index is 2.10. The van der Waals surface area contributed by atoms with Crippen molar-refractivity contribution in [2.45, 2.75) is 25.9 Å². The van der Waals surface area contributed by atoms with Crippen LogP contribution in [0.5, 0.6) is 0 Å². The van der Waals surface area contributed by atoms with Crippen molar-refractivity contribution in [1.29, 1.82) is 0 Å². The molecule has 2 nitrogen and oxygen atoms in total. The van der Waals surface area contributed by atoms with E-state index in [1.54, 1.807) is 0 Å². The van der Waals surface area contributed by atoms with Gasteiger partial charge in [-0.05, 0) is 44.6 Å². The molecule has 0 aromatic heterocycles. The van der Waals surface area contributed by atoms with Crippen molar-refractivity contribution in [3.63, 3.8) is 0 Å². The summed E-state index contributed by atoms with van der Waals surface area (Å²) in [4.78, 5) is 4.83. The molecular formula is C14H21BrN2. The minimum absolute atomic E-state index is 0.640. The van der Waals surface area contributed by atoms with Crippen molar-refractivity contribution in [2.75, 3.05) is 27.2 Å². The fourth-order valence-corrected chi connectivity index (χ4v) is 2.98. The number of benzene rings is 1. The van der Waals surface area contributed by atoms with E-state index in [0.29, 0.717) is 6.04 Å². The van der Waals surface area contributed by atoms with Gasteiger partial charge in [0.1, 0.15) is 0 Å². The molecule has 2 rings (SSSR count). The predicted molar refractivity (Wildman–Crippen MR) is 76.3 cm³/mol. The number of rotatable bonds is 3. The molecule has 0 saturated carbocycles. The van der Waals surface area contributed by atoms with E-state index < -0.39 is 0 Å². The maximum absolute atomic E-state index is 3.66. The largest absolute Gasteiger partial charge is 0.308 e. The molecule has 0 amide bonds. The lowest BCUT2D eigenvalue weighted by atomic mass is 9.95. The number of hydrogen-bond acceptors (Lipinski definition) is 2. The van der Waals surface area contributed by atoms with Gasteiger partial charge < -0.3 is 4.90 Å². The summed E-state index contributed by atoms with van der Waals surface area (Å²) in [5.74, 6) is 0. The summed E-state index contributed by atoms with van der Waals surface area (Å²) in [6.07, 6.45) is 1.16. The molecule has 1 aromatic rings. The van der Waals surface area contributed by atoms with Crippen molar-refractivity contribution in [2.24, 2.45) is 0 Å². The van der Waals surface area contributed by atoms with Crippen LogP contribution < -0.4 is 0 Å². The smallest absolute Gasteiger partial charge is 0.0240 e. The summed E-state index contributed by atoms with van der Waals surface area (Å²) < 4.78 is 1.27. The number of hydrogen-bond donors (Lipinski definition) is 0. The van der Waals surface area contributed by atoms with Crippen molar-refractivity contribution >= 4 is 15.9 Å². The number of halogens is 1. The van der Waals surface area contributed by atoms with Crippen LogP contribution in [0.15, 0.2) is 22.7 Å². The van der Waals surface area contributed by atoms with E-state index in [1.165, 1.54) is 15.6 Å². The summed E-state index contributed by atoms with van der Waals surface area (Å²) in [5, 5.41) is 0. The van der Waals surface area contributed by atoms with Gasteiger partial charge in [-0.1, -0.05) is 28.1 Å². The second-order valence-electron chi connectivity index (χ2n) is 5.20. The first kappa shape index (κ1) is 13.1. The van der Waals surface area contributed by atoms with Crippen LogP contribution in [0.25, 0.3) is 0 Å². The van der Waals surface area contributed by atoms with E-state index >= 15 is 0 Å². The van der Waals surface area contributed by atoms with Crippen LogP contribution in [0.4, 0.5) is 0 Å². The van der Waals surface area contributed by atoms with E-state index in [4.69, 9.17) is 0 Å². The second kappa shape index (κ2) is 5.51. The molecule has 0 aliphatic carbocycles. The van der Waals surface area contributed by atoms with Gasteiger partial charge in [-0.2, -0.15) is 0 Å². The van der Waals surface area contributed by atoms with E-state index in [9.17, 15) is 0 Å². The Bertz CT molecular complexity index is 390. The average molecular weight is 297 g/mol. The Morgan fingerprint density at radius 2 is 2.18 bits per heavy atom. The third-order valence-electron chi connectivity index (χ3n) is 3.55. The fourth-order valence-electron chi connectivity index (χ4n) is 2.41. The predicted octanol–water partition coefficient (Wildman–Crippen LogP) is 2.76. The van der Waals surface area contributed by atoms with E-state index in [0.717, 1.165) is 26.1 Å². The lowest BCUT2D eigenvalue weighted by molar-refractivity contribution is 0.167. The average Bonchev–Trinajstić information content (AvgIpc) is 2.28. The third-order valence-corrected chi connectivity index (χ3v) is 4.29. The molecule has 17 heavy (non-hydrogen) atoms. The van der Waals surface area contributed by atoms with Crippen LogP contribution >= 0.6 is 15.9 Å². The highest BCUT2D eigenvalue weighted by molar-refractivity contribution is 9.10. The lowest BCUT2D eigenvalue weighted by Gasteiger charge is -2.36. The Morgan fingerprint density at radius 3 is 2.88 bits per heavy atom. The zero-order valence-corrected chi connectivity index (χ0v) is 12.5. The third kappa shape index (κ3) is 3.09. The topological polar surface area (TPSA) is 6.48 Å². The zero-order valence-electron chi connectivity index (χ0n) is 10.9. The molecule has 3 heteroatoms. The monoisotopic (exact) mass is 296 g/mol. The van der Waals surface area contributed by atoms with Crippen molar-refractivity contribution in [3.8, 4) is 0 Å². The molecule has 94 valence electrons. The van der Waals surface area contributed by atoms with Gasteiger partial charge in [0, 0.05) is 30.1 Å². The quantitative estimate of drug-likeness (QED) is 0.846. The molecule has 1 atom stereocenters. The summed E-state index contributed by atoms with van der Waals surface area (Å²) in [7, 11) is 4.28. The maximum Gasteiger partial charge on any atom is 0.0240 e. The van der Waals surface area contributed by atoms with Gasteiger partial charge in [0.25, 0.3) is 0 Å². The molecule has 0 N–H and O–H groups in total. The van der Waals surface area contributed by atoms with Crippen LogP contribution in [0.2, 0.25) is 0 Å². The first-order chi connectivity index (χ1) is 8.08. The normalized spacial score (nSPS) is 20.6. The highest BCUT2D eigenvalue weighted by Gasteiger charge is 2.23. The van der Waals surface area contributed by atoms with Crippen molar-refractivity contribution in [3.05, 3.63) is 33.8 Å². The van der Waals surface area contributed by atoms with Gasteiger partial charge in [0.05, 0.1) is 0 Å². The van der Waals surface area contributed by atoms with Gasteiger partial charge in [0.15, 0.2) is 0 Å². The molecule has 0 bridgehead atoms. The van der Waals surface area contributed by atoms with Gasteiger partial charge >= 0.3 is 0 Å². The summed E-state index contributed by atoms with van der Waals surface area (Å²) in [6, 6.07) is 7.19. The van der Waals surface area contributed by atoms with Gasteiger partial charge in [-0.15, -0.1) is 0 Å². The van der Waals surface area contributed by atoms with Crippen LogP contribution in [-0.4, -0.2) is 43.0 Å².